The van der Waals surface area contributed by atoms with Crippen LogP contribution in [0, 0.1) is 5.92 Å². The van der Waals surface area contributed by atoms with E-state index in [9.17, 15) is 0 Å². The second-order valence-corrected chi connectivity index (χ2v) is 6.47. The van der Waals surface area contributed by atoms with Gasteiger partial charge >= 0.3 is 0 Å². The Morgan fingerprint density at radius 3 is 2.20 bits per heavy atom. The lowest BCUT2D eigenvalue weighted by molar-refractivity contribution is 0.237. The number of benzene rings is 1. The van der Waals surface area contributed by atoms with Gasteiger partial charge in [0.05, 0.1) is 6.10 Å². The van der Waals surface area contributed by atoms with Crippen LogP contribution in [0.2, 0.25) is 0 Å². The van der Waals surface area contributed by atoms with Gasteiger partial charge in [-0.1, -0.05) is 32.0 Å². The lowest BCUT2D eigenvalue weighted by Gasteiger charge is -2.23. The molecule has 2 unspecified atom stereocenters. The molecule has 1 N–H and O–H groups in total. The molecule has 1 aromatic rings. The average Bonchev–Trinajstić information content (AvgIpc) is 2.36. The van der Waals surface area contributed by atoms with Gasteiger partial charge in [0.2, 0.25) is 0 Å². The molecule has 2 atom stereocenters. The van der Waals surface area contributed by atoms with E-state index in [0.717, 1.165) is 11.7 Å². The summed E-state index contributed by atoms with van der Waals surface area (Å²) < 4.78 is 5.91. The standard InChI is InChI=1S/C18H31NO/c1-13(2)11-12-15(5)19-16(6)17-9-7-8-10-18(17)20-14(3)4/h7-10,13-16,19H,11-12H2,1-6H3. The molecule has 0 aliphatic heterocycles. The Kier molecular flexibility index (Phi) is 7.08. The van der Waals surface area contributed by atoms with E-state index in [-0.39, 0.29) is 6.10 Å². The Labute approximate surface area is 124 Å². The SMILES string of the molecule is CC(C)CCC(C)NC(C)c1ccccc1OC(C)C. The molecule has 0 spiro atoms. The maximum atomic E-state index is 5.91. The molecule has 0 heterocycles. The summed E-state index contributed by atoms with van der Waals surface area (Å²) in [5.41, 5.74) is 1.25. The molecule has 0 aliphatic carbocycles. The topological polar surface area (TPSA) is 21.3 Å². The van der Waals surface area contributed by atoms with E-state index in [1.165, 1.54) is 18.4 Å². The number of hydrogen-bond acceptors (Lipinski definition) is 2. The van der Waals surface area contributed by atoms with Crippen molar-refractivity contribution in [3.05, 3.63) is 29.8 Å². The number of ether oxygens (including phenoxy) is 1. The Morgan fingerprint density at radius 2 is 1.60 bits per heavy atom. The highest BCUT2D eigenvalue weighted by Crippen LogP contribution is 2.26. The Morgan fingerprint density at radius 1 is 0.950 bits per heavy atom. The molecular weight excluding hydrogens is 246 g/mol. The highest BCUT2D eigenvalue weighted by molar-refractivity contribution is 5.35. The van der Waals surface area contributed by atoms with E-state index in [2.05, 4.69) is 65.1 Å². The largest absolute Gasteiger partial charge is 0.491 e. The van der Waals surface area contributed by atoms with Crippen LogP contribution in [0.5, 0.6) is 5.75 Å². The summed E-state index contributed by atoms with van der Waals surface area (Å²) in [6.45, 7) is 13.2. The predicted molar refractivity (Wildman–Crippen MR) is 87.3 cm³/mol. The first-order valence-corrected chi connectivity index (χ1v) is 7.91. The first-order chi connectivity index (χ1) is 9.40. The summed E-state index contributed by atoms with van der Waals surface area (Å²) in [6.07, 6.45) is 2.70. The summed E-state index contributed by atoms with van der Waals surface area (Å²) in [7, 11) is 0. The van der Waals surface area contributed by atoms with Crippen molar-refractivity contribution in [1.29, 1.82) is 0 Å². The van der Waals surface area contributed by atoms with Crippen molar-refractivity contribution in [2.75, 3.05) is 0 Å². The molecule has 0 aliphatic rings. The van der Waals surface area contributed by atoms with Gasteiger partial charge < -0.3 is 10.1 Å². The Hall–Kier alpha value is -1.02. The summed E-state index contributed by atoms with van der Waals surface area (Å²) >= 11 is 0. The highest BCUT2D eigenvalue weighted by atomic mass is 16.5. The molecule has 20 heavy (non-hydrogen) atoms. The maximum Gasteiger partial charge on any atom is 0.124 e. The van der Waals surface area contributed by atoms with Crippen LogP contribution >= 0.6 is 0 Å². The lowest BCUT2D eigenvalue weighted by Crippen LogP contribution is -2.29. The van der Waals surface area contributed by atoms with Crippen molar-refractivity contribution >= 4 is 0 Å². The normalized spacial score (nSPS) is 14.6. The molecule has 0 saturated carbocycles. The molecule has 0 aromatic heterocycles. The van der Waals surface area contributed by atoms with Gasteiger partial charge in [-0.3, -0.25) is 0 Å². The van der Waals surface area contributed by atoms with Crippen LogP contribution in [-0.4, -0.2) is 12.1 Å². The van der Waals surface area contributed by atoms with Gasteiger partial charge in [-0.15, -0.1) is 0 Å². The second-order valence-electron chi connectivity index (χ2n) is 6.47. The van der Waals surface area contributed by atoms with Crippen molar-refractivity contribution in [2.45, 2.75) is 72.6 Å². The molecule has 2 nitrogen and oxygen atoms in total. The third-order valence-electron chi connectivity index (χ3n) is 3.46. The molecule has 0 radical (unpaired) electrons. The maximum absolute atomic E-state index is 5.91. The monoisotopic (exact) mass is 277 g/mol. The molecule has 1 rings (SSSR count). The smallest absolute Gasteiger partial charge is 0.124 e. The summed E-state index contributed by atoms with van der Waals surface area (Å²) in [4.78, 5) is 0. The molecule has 1 aromatic carbocycles. The first kappa shape index (κ1) is 17.0. The van der Waals surface area contributed by atoms with Crippen molar-refractivity contribution in [1.82, 2.24) is 5.32 Å². The molecule has 114 valence electrons. The summed E-state index contributed by atoms with van der Waals surface area (Å²) in [5, 5.41) is 3.69. The first-order valence-electron chi connectivity index (χ1n) is 7.91. The molecular formula is C18H31NO. The van der Waals surface area contributed by atoms with E-state index >= 15 is 0 Å². The van der Waals surface area contributed by atoms with Gasteiger partial charge in [0, 0.05) is 17.6 Å². The minimum absolute atomic E-state index is 0.210. The van der Waals surface area contributed by atoms with Gasteiger partial charge in [-0.25, -0.2) is 0 Å². The van der Waals surface area contributed by atoms with Crippen LogP contribution in [0.1, 0.15) is 66.0 Å². The van der Waals surface area contributed by atoms with E-state index < -0.39 is 0 Å². The van der Waals surface area contributed by atoms with E-state index in [1.54, 1.807) is 0 Å². The van der Waals surface area contributed by atoms with Gasteiger partial charge in [0.25, 0.3) is 0 Å². The van der Waals surface area contributed by atoms with E-state index in [0.29, 0.717) is 12.1 Å². The fourth-order valence-corrected chi connectivity index (χ4v) is 2.38. The van der Waals surface area contributed by atoms with Crippen LogP contribution in [0.15, 0.2) is 24.3 Å². The number of rotatable bonds is 8. The number of hydrogen-bond donors (Lipinski definition) is 1. The van der Waals surface area contributed by atoms with E-state index in [1.807, 2.05) is 6.07 Å². The number of nitrogens with one attached hydrogen (secondary N) is 1. The minimum Gasteiger partial charge on any atom is -0.491 e. The van der Waals surface area contributed by atoms with Crippen LogP contribution < -0.4 is 10.1 Å². The highest BCUT2D eigenvalue weighted by Gasteiger charge is 2.14. The fourth-order valence-electron chi connectivity index (χ4n) is 2.38. The number of para-hydroxylation sites is 1. The molecule has 0 fully saturated rings. The van der Waals surface area contributed by atoms with E-state index in [4.69, 9.17) is 4.74 Å². The predicted octanol–water partition coefficient (Wildman–Crippen LogP) is 4.95. The Bertz CT molecular complexity index is 387. The molecule has 0 bridgehead atoms. The minimum atomic E-state index is 0.210. The third-order valence-corrected chi connectivity index (χ3v) is 3.46. The van der Waals surface area contributed by atoms with Crippen LogP contribution in [-0.2, 0) is 0 Å². The zero-order valence-corrected chi connectivity index (χ0v) is 13.9. The van der Waals surface area contributed by atoms with Crippen molar-refractivity contribution in [3.8, 4) is 5.75 Å². The van der Waals surface area contributed by atoms with Crippen LogP contribution in [0.3, 0.4) is 0 Å². The average molecular weight is 277 g/mol. The van der Waals surface area contributed by atoms with Crippen molar-refractivity contribution in [3.63, 3.8) is 0 Å². The molecule has 2 heteroatoms. The van der Waals surface area contributed by atoms with Crippen LogP contribution in [0.25, 0.3) is 0 Å². The second kappa shape index (κ2) is 8.31. The third kappa shape index (κ3) is 5.96. The van der Waals surface area contributed by atoms with Crippen molar-refractivity contribution < 1.29 is 4.74 Å². The summed E-state index contributed by atoms with van der Waals surface area (Å²) in [5.74, 6) is 1.77. The van der Waals surface area contributed by atoms with Gasteiger partial charge in [-0.2, -0.15) is 0 Å². The molecule has 0 saturated heterocycles. The zero-order valence-electron chi connectivity index (χ0n) is 13.9. The zero-order chi connectivity index (χ0) is 15.1. The van der Waals surface area contributed by atoms with Gasteiger partial charge in [0.15, 0.2) is 0 Å². The van der Waals surface area contributed by atoms with Gasteiger partial charge in [-0.05, 0) is 52.5 Å². The summed E-state index contributed by atoms with van der Waals surface area (Å²) in [6, 6.07) is 9.18. The quantitative estimate of drug-likeness (QED) is 0.726. The Balaban J connectivity index is 2.64. The molecule has 0 amide bonds. The fraction of sp³-hybridized carbons (Fsp3) is 0.667. The van der Waals surface area contributed by atoms with Crippen molar-refractivity contribution in [2.24, 2.45) is 5.92 Å². The lowest BCUT2D eigenvalue weighted by atomic mass is 10.0. The van der Waals surface area contributed by atoms with Gasteiger partial charge in [0.1, 0.15) is 5.75 Å². The van der Waals surface area contributed by atoms with Crippen LogP contribution in [0.4, 0.5) is 0 Å².